The van der Waals surface area contributed by atoms with Crippen molar-refractivity contribution in [3.8, 4) is 0 Å². The topological polar surface area (TPSA) is 58.6 Å². The second-order valence-corrected chi connectivity index (χ2v) is 6.68. The average molecular weight is 352 g/mol. The zero-order valence-electron chi connectivity index (χ0n) is 15.0. The molecule has 1 N–H and O–H groups in total. The van der Waals surface area contributed by atoms with E-state index in [0.29, 0.717) is 25.9 Å². The van der Waals surface area contributed by atoms with Crippen molar-refractivity contribution < 1.29 is 14.4 Å². The van der Waals surface area contributed by atoms with Gasteiger partial charge in [-0.1, -0.05) is 48.0 Å². The number of anilines is 1. The summed E-state index contributed by atoms with van der Waals surface area (Å²) in [4.78, 5) is 29.8. The molecule has 1 aliphatic heterocycles. The molecule has 0 unspecified atom stereocenters. The van der Waals surface area contributed by atoms with Gasteiger partial charge in [-0.3, -0.25) is 4.79 Å². The van der Waals surface area contributed by atoms with Gasteiger partial charge in [-0.2, -0.15) is 0 Å². The predicted molar refractivity (Wildman–Crippen MR) is 100 cm³/mol. The summed E-state index contributed by atoms with van der Waals surface area (Å²) in [5.41, 5.74) is 2.91. The van der Waals surface area contributed by atoms with Crippen LogP contribution in [0, 0.1) is 12.8 Å². The summed E-state index contributed by atoms with van der Waals surface area (Å²) < 4.78 is 0. The molecule has 0 aromatic heterocycles. The summed E-state index contributed by atoms with van der Waals surface area (Å²) in [7, 11) is 0. The van der Waals surface area contributed by atoms with Gasteiger partial charge in [-0.25, -0.2) is 4.79 Å². The lowest BCUT2D eigenvalue weighted by molar-refractivity contribution is -0.195. The standard InChI is InChI=1S/C21H24N2O3/c1-16-7-9-19(10-8-16)22-21(25)18-11-13-23(14-12-18)26-20(24)15-17-5-3-2-4-6-17/h2-10,18H,11-15H2,1H3,(H,22,25). The maximum atomic E-state index is 12.4. The van der Waals surface area contributed by atoms with Crippen molar-refractivity contribution in [1.82, 2.24) is 5.06 Å². The highest BCUT2D eigenvalue weighted by Gasteiger charge is 2.27. The summed E-state index contributed by atoms with van der Waals surface area (Å²) in [6, 6.07) is 17.3. The van der Waals surface area contributed by atoms with Gasteiger partial charge in [-0.05, 0) is 37.5 Å². The first-order chi connectivity index (χ1) is 12.6. The highest BCUT2D eigenvalue weighted by atomic mass is 16.7. The maximum Gasteiger partial charge on any atom is 0.329 e. The molecule has 1 aliphatic rings. The normalized spacial score (nSPS) is 15.4. The van der Waals surface area contributed by atoms with Crippen LogP contribution in [0.15, 0.2) is 54.6 Å². The fourth-order valence-electron chi connectivity index (χ4n) is 3.03. The van der Waals surface area contributed by atoms with Crippen molar-refractivity contribution in [2.75, 3.05) is 18.4 Å². The van der Waals surface area contributed by atoms with E-state index in [-0.39, 0.29) is 24.2 Å². The van der Waals surface area contributed by atoms with Crippen molar-refractivity contribution in [1.29, 1.82) is 0 Å². The number of amides is 1. The van der Waals surface area contributed by atoms with Crippen molar-refractivity contribution in [3.05, 3.63) is 65.7 Å². The van der Waals surface area contributed by atoms with Crippen LogP contribution < -0.4 is 5.32 Å². The molecule has 26 heavy (non-hydrogen) atoms. The molecule has 1 saturated heterocycles. The number of carbonyl (C=O) groups is 2. The fourth-order valence-corrected chi connectivity index (χ4v) is 3.03. The van der Waals surface area contributed by atoms with Crippen LogP contribution in [0.5, 0.6) is 0 Å². The van der Waals surface area contributed by atoms with E-state index in [2.05, 4.69) is 5.32 Å². The van der Waals surface area contributed by atoms with Gasteiger partial charge >= 0.3 is 5.97 Å². The van der Waals surface area contributed by atoms with Crippen LogP contribution in [0.2, 0.25) is 0 Å². The van der Waals surface area contributed by atoms with Gasteiger partial charge in [-0.15, -0.1) is 5.06 Å². The SMILES string of the molecule is Cc1ccc(NC(=O)C2CCN(OC(=O)Cc3ccccc3)CC2)cc1. The first-order valence-electron chi connectivity index (χ1n) is 8.97. The molecule has 5 nitrogen and oxygen atoms in total. The van der Waals surface area contributed by atoms with E-state index >= 15 is 0 Å². The summed E-state index contributed by atoms with van der Waals surface area (Å²) in [6.07, 6.45) is 1.61. The highest BCUT2D eigenvalue weighted by Crippen LogP contribution is 2.20. The van der Waals surface area contributed by atoms with Crippen molar-refractivity contribution >= 4 is 17.6 Å². The highest BCUT2D eigenvalue weighted by molar-refractivity contribution is 5.92. The van der Waals surface area contributed by atoms with E-state index in [1.165, 1.54) is 0 Å². The average Bonchev–Trinajstić information content (AvgIpc) is 2.65. The zero-order valence-corrected chi connectivity index (χ0v) is 15.0. The number of hydrogen-bond acceptors (Lipinski definition) is 4. The number of hydrogen-bond donors (Lipinski definition) is 1. The molecule has 3 rings (SSSR count). The second-order valence-electron chi connectivity index (χ2n) is 6.68. The first-order valence-corrected chi connectivity index (χ1v) is 8.97. The number of hydroxylamine groups is 2. The largest absolute Gasteiger partial charge is 0.368 e. The number of nitrogens with one attached hydrogen (secondary N) is 1. The van der Waals surface area contributed by atoms with Crippen molar-refractivity contribution in [2.45, 2.75) is 26.2 Å². The Bertz CT molecular complexity index is 736. The lowest BCUT2D eigenvalue weighted by Crippen LogP contribution is -2.39. The molecular formula is C21H24N2O3. The number of rotatable bonds is 5. The Kier molecular flexibility index (Phi) is 6.02. The third-order valence-electron chi connectivity index (χ3n) is 4.57. The Balaban J connectivity index is 1.42. The van der Waals surface area contributed by atoms with Gasteiger partial charge in [0.25, 0.3) is 0 Å². The maximum absolute atomic E-state index is 12.4. The van der Waals surface area contributed by atoms with Crippen LogP contribution in [0.3, 0.4) is 0 Å². The zero-order chi connectivity index (χ0) is 18.4. The minimum Gasteiger partial charge on any atom is -0.368 e. The smallest absolute Gasteiger partial charge is 0.329 e. The quantitative estimate of drug-likeness (QED) is 0.897. The minimum atomic E-state index is -0.265. The number of carbonyl (C=O) groups excluding carboxylic acids is 2. The van der Waals surface area contributed by atoms with Crippen molar-refractivity contribution in [2.24, 2.45) is 5.92 Å². The molecule has 136 valence electrons. The molecule has 1 fully saturated rings. The predicted octanol–water partition coefficient (Wildman–Crippen LogP) is 3.35. The lowest BCUT2D eigenvalue weighted by Gasteiger charge is -2.29. The molecule has 0 radical (unpaired) electrons. The molecule has 0 atom stereocenters. The third kappa shape index (κ3) is 5.17. The van der Waals surface area contributed by atoms with Crippen LogP contribution in [0.4, 0.5) is 5.69 Å². The summed E-state index contributed by atoms with van der Waals surface area (Å²) in [6.45, 7) is 3.17. The monoisotopic (exact) mass is 352 g/mol. The summed E-state index contributed by atoms with van der Waals surface area (Å²) in [5, 5.41) is 4.63. The van der Waals surface area contributed by atoms with E-state index in [9.17, 15) is 9.59 Å². The fraction of sp³-hybridized carbons (Fsp3) is 0.333. The molecule has 0 saturated carbocycles. The van der Waals surface area contributed by atoms with Gasteiger partial charge in [0, 0.05) is 24.7 Å². The molecule has 1 amide bonds. The van der Waals surface area contributed by atoms with E-state index in [1.54, 1.807) is 5.06 Å². The van der Waals surface area contributed by atoms with Gasteiger partial charge < -0.3 is 10.2 Å². The van der Waals surface area contributed by atoms with Crippen LogP contribution >= 0.6 is 0 Å². The van der Waals surface area contributed by atoms with E-state index in [4.69, 9.17) is 4.84 Å². The van der Waals surface area contributed by atoms with Gasteiger partial charge in [0.15, 0.2) is 0 Å². The number of nitrogens with zero attached hydrogens (tertiary/aromatic N) is 1. The van der Waals surface area contributed by atoms with Gasteiger partial charge in [0.1, 0.15) is 0 Å². The minimum absolute atomic E-state index is 0.0316. The Hall–Kier alpha value is -2.66. The Morgan fingerprint density at radius 2 is 1.69 bits per heavy atom. The Labute approximate surface area is 153 Å². The molecular weight excluding hydrogens is 328 g/mol. The van der Waals surface area contributed by atoms with Crippen LogP contribution in [-0.4, -0.2) is 30.0 Å². The van der Waals surface area contributed by atoms with Crippen LogP contribution in [0.1, 0.15) is 24.0 Å². The van der Waals surface area contributed by atoms with E-state index in [1.807, 2.05) is 61.5 Å². The number of benzene rings is 2. The van der Waals surface area contributed by atoms with E-state index in [0.717, 1.165) is 16.8 Å². The molecule has 0 aliphatic carbocycles. The molecule has 0 bridgehead atoms. The Morgan fingerprint density at radius 1 is 1.04 bits per heavy atom. The van der Waals surface area contributed by atoms with Gasteiger partial charge in [0.05, 0.1) is 6.42 Å². The van der Waals surface area contributed by atoms with Crippen LogP contribution in [0.25, 0.3) is 0 Å². The molecule has 5 heteroatoms. The lowest BCUT2D eigenvalue weighted by atomic mass is 9.97. The van der Waals surface area contributed by atoms with Crippen molar-refractivity contribution in [3.63, 3.8) is 0 Å². The van der Waals surface area contributed by atoms with Gasteiger partial charge in [0.2, 0.25) is 5.91 Å². The summed E-state index contributed by atoms with van der Waals surface area (Å²) in [5.74, 6) is -0.289. The Morgan fingerprint density at radius 3 is 2.35 bits per heavy atom. The molecule has 2 aromatic rings. The van der Waals surface area contributed by atoms with Crippen LogP contribution in [-0.2, 0) is 20.8 Å². The first kappa shape index (κ1) is 18.1. The number of aryl methyl sites for hydroxylation is 1. The second kappa shape index (κ2) is 8.63. The molecule has 2 aromatic carbocycles. The molecule has 1 heterocycles. The van der Waals surface area contributed by atoms with E-state index < -0.39 is 0 Å². The third-order valence-corrected chi connectivity index (χ3v) is 4.57. The number of piperidine rings is 1. The molecule has 0 spiro atoms. The summed E-state index contributed by atoms with van der Waals surface area (Å²) >= 11 is 0.